The van der Waals surface area contributed by atoms with E-state index >= 15 is 0 Å². The van der Waals surface area contributed by atoms with E-state index in [1.54, 1.807) is 0 Å². The Morgan fingerprint density at radius 3 is 0.962 bits per heavy atom. The Hall–Kier alpha value is -5.13. The van der Waals surface area contributed by atoms with Gasteiger partial charge in [-0.05, 0) is 139 Å². The molecule has 0 atom stereocenters. The van der Waals surface area contributed by atoms with Crippen LogP contribution in [-0.2, 0) is 0 Å². The standard InChI is InChI=1S/C48H29BS3/c1-3-11-30(12-4-1)36-25-37(31-13-5-2-6-14-31)27-38(26-36)34-17-7-15-32(23-34)33-16-8-18-35(24-33)39-28-44-48-45(29-39)52-43-22-10-20-41-47(43)49(48)46-40(50-41)19-9-21-42(46)51-44/h1-29H. The molecule has 3 aliphatic rings. The quantitative estimate of drug-likeness (QED) is 0.163. The summed E-state index contributed by atoms with van der Waals surface area (Å²) in [5, 5.41) is 0. The van der Waals surface area contributed by atoms with Crippen LogP contribution in [0.25, 0.3) is 55.6 Å². The zero-order valence-corrected chi connectivity index (χ0v) is 30.5. The second-order valence-electron chi connectivity index (χ2n) is 13.7. The van der Waals surface area contributed by atoms with Gasteiger partial charge >= 0.3 is 0 Å². The smallest absolute Gasteiger partial charge is 0.0911 e. The Kier molecular flexibility index (Phi) is 7.18. The molecule has 0 aliphatic carbocycles. The molecular formula is C48H29BS3. The average molecular weight is 713 g/mol. The van der Waals surface area contributed by atoms with Crippen molar-refractivity contribution in [2.45, 2.75) is 29.4 Å². The molecule has 0 unspecified atom stereocenters. The summed E-state index contributed by atoms with van der Waals surface area (Å²) in [5.74, 6) is 0. The zero-order chi connectivity index (χ0) is 34.2. The molecule has 0 amide bonds. The summed E-state index contributed by atoms with van der Waals surface area (Å²) in [5.41, 5.74) is 16.8. The Morgan fingerprint density at radius 2 is 0.519 bits per heavy atom. The molecule has 52 heavy (non-hydrogen) atoms. The van der Waals surface area contributed by atoms with Gasteiger partial charge in [-0.25, -0.2) is 0 Å². The van der Waals surface area contributed by atoms with Gasteiger partial charge in [-0.2, -0.15) is 0 Å². The third kappa shape index (κ3) is 5.04. The second kappa shape index (κ2) is 12.2. The first-order valence-electron chi connectivity index (χ1n) is 17.7. The van der Waals surface area contributed by atoms with Crippen LogP contribution in [0.4, 0.5) is 0 Å². The number of benzene rings is 8. The summed E-state index contributed by atoms with van der Waals surface area (Å²) in [7, 11) is 0. The van der Waals surface area contributed by atoms with Crippen molar-refractivity contribution in [2.75, 3.05) is 0 Å². The van der Waals surface area contributed by atoms with Crippen molar-refractivity contribution in [2.24, 2.45) is 0 Å². The number of hydrogen-bond acceptors (Lipinski definition) is 3. The van der Waals surface area contributed by atoms with Crippen LogP contribution in [-0.4, -0.2) is 6.71 Å². The van der Waals surface area contributed by atoms with Gasteiger partial charge in [0.2, 0.25) is 6.71 Å². The minimum Gasteiger partial charge on any atom is -0.0911 e. The minimum atomic E-state index is 0.317. The van der Waals surface area contributed by atoms with E-state index in [0.29, 0.717) is 6.71 Å². The SMILES string of the molecule is c1ccc(-c2cc(-c3ccccc3)cc(-c3cccc(-c4cccc(-c5cc6c7c(c5)Sc5cccc8c5B7c5c(cccc5S6)S8)c4)c3)c2)cc1. The molecule has 0 saturated heterocycles. The summed E-state index contributed by atoms with van der Waals surface area (Å²) in [6.45, 7) is 0.317. The topological polar surface area (TPSA) is 0 Å². The number of hydrogen-bond donors (Lipinski definition) is 0. The Labute approximate surface area is 317 Å². The highest BCUT2D eigenvalue weighted by Crippen LogP contribution is 2.46. The van der Waals surface area contributed by atoms with Gasteiger partial charge < -0.3 is 0 Å². The fourth-order valence-electron chi connectivity index (χ4n) is 8.13. The van der Waals surface area contributed by atoms with Crippen LogP contribution in [0.15, 0.2) is 205 Å². The van der Waals surface area contributed by atoms with Gasteiger partial charge in [0.1, 0.15) is 0 Å². The van der Waals surface area contributed by atoms with Crippen LogP contribution in [0.5, 0.6) is 0 Å². The highest BCUT2D eigenvalue weighted by atomic mass is 32.2. The van der Waals surface area contributed by atoms with Crippen molar-refractivity contribution in [1.82, 2.24) is 0 Å². The highest BCUT2D eigenvalue weighted by Gasteiger charge is 2.43. The lowest BCUT2D eigenvalue weighted by atomic mass is 9.36. The second-order valence-corrected chi connectivity index (χ2v) is 16.9. The lowest BCUT2D eigenvalue weighted by molar-refractivity contribution is 1.27. The molecule has 8 aromatic rings. The molecule has 0 fully saturated rings. The van der Waals surface area contributed by atoms with Gasteiger partial charge in [-0.3, -0.25) is 0 Å². The lowest BCUT2D eigenvalue weighted by Crippen LogP contribution is -2.60. The van der Waals surface area contributed by atoms with Gasteiger partial charge in [-0.1, -0.05) is 144 Å². The van der Waals surface area contributed by atoms with Gasteiger partial charge in [0, 0.05) is 29.4 Å². The molecule has 0 aromatic heterocycles. The predicted octanol–water partition coefficient (Wildman–Crippen LogP) is 11.9. The molecular weight excluding hydrogens is 684 g/mol. The predicted molar refractivity (Wildman–Crippen MR) is 224 cm³/mol. The van der Waals surface area contributed by atoms with Crippen LogP contribution in [0.2, 0.25) is 0 Å². The molecule has 8 aromatic carbocycles. The molecule has 11 rings (SSSR count). The normalized spacial score (nSPS) is 13.1. The molecule has 0 N–H and O–H groups in total. The monoisotopic (exact) mass is 712 g/mol. The van der Waals surface area contributed by atoms with Gasteiger partial charge in [-0.15, -0.1) is 0 Å². The maximum atomic E-state index is 2.45. The highest BCUT2D eigenvalue weighted by molar-refractivity contribution is 8.02. The summed E-state index contributed by atoms with van der Waals surface area (Å²) in [6.07, 6.45) is 0. The van der Waals surface area contributed by atoms with Crippen molar-refractivity contribution in [3.05, 3.63) is 176 Å². The maximum absolute atomic E-state index is 2.45. The Morgan fingerprint density at radius 1 is 0.231 bits per heavy atom. The van der Waals surface area contributed by atoms with Crippen molar-refractivity contribution in [3.8, 4) is 55.6 Å². The van der Waals surface area contributed by atoms with Crippen LogP contribution >= 0.6 is 35.3 Å². The minimum absolute atomic E-state index is 0.317. The molecule has 0 bridgehead atoms. The van der Waals surface area contributed by atoms with E-state index in [0.717, 1.165) is 0 Å². The number of rotatable bonds is 5. The van der Waals surface area contributed by atoms with Crippen LogP contribution in [0.3, 0.4) is 0 Å². The van der Waals surface area contributed by atoms with E-state index in [9.17, 15) is 0 Å². The van der Waals surface area contributed by atoms with Crippen LogP contribution in [0, 0.1) is 0 Å². The van der Waals surface area contributed by atoms with Crippen LogP contribution in [0.1, 0.15) is 0 Å². The van der Waals surface area contributed by atoms with Crippen molar-refractivity contribution in [1.29, 1.82) is 0 Å². The van der Waals surface area contributed by atoms with Crippen LogP contribution < -0.4 is 16.4 Å². The third-order valence-corrected chi connectivity index (χ3v) is 14.0. The molecule has 0 saturated carbocycles. The fraction of sp³-hybridized carbons (Fsp3) is 0. The van der Waals surface area contributed by atoms with E-state index in [2.05, 4.69) is 176 Å². The summed E-state index contributed by atoms with van der Waals surface area (Å²) >= 11 is 5.84. The first-order chi connectivity index (χ1) is 25.7. The first-order valence-corrected chi connectivity index (χ1v) is 20.1. The van der Waals surface area contributed by atoms with E-state index in [4.69, 9.17) is 0 Å². The molecule has 0 nitrogen and oxygen atoms in total. The van der Waals surface area contributed by atoms with Gasteiger partial charge in [0.05, 0.1) is 0 Å². The fourth-order valence-corrected chi connectivity index (χ4v) is 12.0. The van der Waals surface area contributed by atoms with E-state index in [1.165, 1.54) is 101 Å². The Bertz CT molecular complexity index is 2580. The van der Waals surface area contributed by atoms with Crippen molar-refractivity contribution in [3.63, 3.8) is 0 Å². The maximum Gasteiger partial charge on any atom is 0.250 e. The summed E-state index contributed by atoms with van der Waals surface area (Å²) < 4.78 is 0. The first kappa shape index (κ1) is 30.5. The largest absolute Gasteiger partial charge is 0.250 e. The van der Waals surface area contributed by atoms with E-state index in [-0.39, 0.29) is 0 Å². The van der Waals surface area contributed by atoms with Gasteiger partial charge in [0.15, 0.2) is 0 Å². The molecule has 3 heterocycles. The summed E-state index contributed by atoms with van der Waals surface area (Å²) in [4.78, 5) is 8.39. The van der Waals surface area contributed by atoms with E-state index < -0.39 is 0 Å². The molecule has 242 valence electrons. The third-order valence-electron chi connectivity index (χ3n) is 10.6. The molecule has 0 spiro atoms. The lowest BCUT2D eigenvalue weighted by Gasteiger charge is -2.38. The molecule has 3 aliphatic heterocycles. The zero-order valence-electron chi connectivity index (χ0n) is 28.0. The molecule has 4 heteroatoms. The average Bonchev–Trinajstić information content (AvgIpc) is 3.21. The van der Waals surface area contributed by atoms with Gasteiger partial charge in [0.25, 0.3) is 0 Å². The van der Waals surface area contributed by atoms with Crippen molar-refractivity contribution < 1.29 is 0 Å². The Balaban J connectivity index is 0.994. The summed E-state index contributed by atoms with van der Waals surface area (Å²) in [6, 6.07) is 65.2. The van der Waals surface area contributed by atoms with Crippen molar-refractivity contribution >= 4 is 58.4 Å². The molecule has 0 radical (unpaired) electrons. The van der Waals surface area contributed by atoms with E-state index in [1.807, 2.05) is 35.3 Å².